The number of nitrogens with one attached hydrogen (secondary N) is 2. The highest BCUT2D eigenvalue weighted by Gasteiger charge is 2.17. The molecule has 0 unspecified atom stereocenters. The normalized spacial score (nSPS) is 10.7. The number of ether oxygens (including phenoxy) is 4. The Kier molecular flexibility index (Phi) is 19.6. The zero-order valence-electron chi connectivity index (χ0n) is 37.4. The number of benzene rings is 4. The average Bonchev–Trinajstić information content (AvgIpc) is 3.30. The minimum absolute atomic E-state index is 0.0796. The number of nitrogens with zero attached hydrogens (tertiary/aromatic N) is 4. The Bertz CT molecular complexity index is 2730. The second kappa shape index (κ2) is 25.9. The number of carbonyl (C=O) groups excluding carboxylic acids is 2. The van der Waals surface area contributed by atoms with E-state index in [0.717, 1.165) is 24.3 Å². The van der Waals surface area contributed by atoms with Gasteiger partial charge in [0, 0.05) is 34.6 Å². The van der Waals surface area contributed by atoms with Crippen LogP contribution in [0.5, 0.6) is 11.5 Å². The van der Waals surface area contributed by atoms with Crippen molar-refractivity contribution in [2.45, 2.75) is 52.6 Å². The maximum Gasteiger partial charge on any atom is 0.411 e. The molecule has 0 spiro atoms. The first kappa shape index (κ1) is 51.4. The number of rotatable bonds is 20. The standard InChI is InChI=1S/C25H28F2N4O4.C23H24F2N4O4/c1-2-11-35-25(33)29-19-7-5-6-17(13-19)16-31-23(32)9-8-22(30-31)18-14-20(26)24(21(27)15-18)34-12-4-3-10-28;1-2-32-23(31)27-17-6-3-5-15(11-17)14-29-21(30)8-7-20(28-29)16-12-18(24)22(19(25)13-16)33-10-4-9-26/h5-9,13-15H,2-4,10-12,16,28H2,1H3,(H,29,33);3,5-8,11-13H,2,4,9-10,14,26H2,1H3,(H,27,31). The Balaban J connectivity index is 0.000000255. The minimum atomic E-state index is -0.876. The van der Waals surface area contributed by atoms with Gasteiger partial charge in [0.1, 0.15) is 0 Å². The number of anilines is 2. The van der Waals surface area contributed by atoms with Crippen LogP contribution >= 0.6 is 0 Å². The van der Waals surface area contributed by atoms with Gasteiger partial charge in [-0.1, -0.05) is 31.2 Å². The lowest BCUT2D eigenvalue weighted by atomic mass is 10.1. The quantitative estimate of drug-likeness (QED) is 0.0425. The zero-order valence-corrected chi connectivity index (χ0v) is 37.4. The topological polar surface area (TPSA) is 217 Å². The first-order valence-corrected chi connectivity index (χ1v) is 21.7. The summed E-state index contributed by atoms with van der Waals surface area (Å²) in [6.45, 7) is 5.35. The molecule has 2 aromatic heterocycles. The molecule has 0 aliphatic heterocycles. The number of unbranched alkanes of at least 4 members (excludes halogenated alkanes) is 1. The number of hydrogen-bond acceptors (Lipinski definition) is 12. The van der Waals surface area contributed by atoms with Crippen LogP contribution in [0.25, 0.3) is 22.5 Å². The van der Waals surface area contributed by atoms with E-state index >= 15 is 0 Å². The van der Waals surface area contributed by atoms with Gasteiger partial charge in [0.2, 0.25) is 0 Å². The summed E-state index contributed by atoms with van der Waals surface area (Å²) in [5.74, 6) is -4.41. The smallest absolute Gasteiger partial charge is 0.411 e. The van der Waals surface area contributed by atoms with Gasteiger partial charge >= 0.3 is 12.2 Å². The van der Waals surface area contributed by atoms with Crippen LogP contribution in [0, 0.1) is 23.3 Å². The maximum absolute atomic E-state index is 14.5. The summed E-state index contributed by atoms with van der Waals surface area (Å²) < 4.78 is 80.4. The third kappa shape index (κ3) is 15.2. The first-order chi connectivity index (χ1) is 32.8. The van der Waals surface area contributed by atoms with E-state index in [1.807, 2.05) is 6.92 Å². The van der Waals surface area contributed by atoms with E-state index in [9.17, 15) is 36.7 Å². The molecule has 68 heavy (non-hydrogen) atoms. The molecule has 6 N–H and O–H groups in total. The third-order valence-corrected chi connectivity index (χ3v) is 9.49. The Labute approximate surface area is 388 Å². The second-order valence-electron chi connectivity index (χ2n) is 14.8. The van der Waals surface area contributed by atoms with Crippen LogP contribution in [0.4, 0.5) is 38.5 Å². The zero-order chi connectivity index (χ0) is 49.0. The summed E-state index contributed by atoms with van der Waals surface area (Å²) in [4.78, 5) is 48.1. The van der Waals surface area contributed by atoms with Gasteiger partial charge in [0.05, 0.1) is 50.9 Å². The number of amides is 2. The third-order valence-electron chi connectivity index (χ3n) is 9.49. The highest BCUT2D eigenvalue weighted by molar-refractivity contribution is 5.85. The molecule has 16 nitrogen and oxygen atoms in total. The molecule has 6 rings (SSSR count). The molecular weight excluding hydrogens is 893 g/mol. The van der Waals surface area contributed by atoms with Crippen molar-refractivity contribution in [3.05, 3.63) is 152 Å². The molecule has 0 bridgehead atoms. The molecule has 0 atom stereocenters. The molecule has 0 saturated heterocycles. The molecule has 0 saturated carbocycles. The maximum atomic E-state index is 14.5. The van der Waals surface area contributed by atoms with Crippen LogP contribution < -0.4 is 42.7 Å². The largest absolute Gasteiger partial charge is 0.488 e. The van der Waals surface area contributed by atoms with Crippen LogP contribution in [0.3, 0.4) is 0 Å². The SMILES string of the molecule is CCCOC(=O)Nc1cccc(Cn2nc(-c3cc(F)c(OCCCCN)c(F)c3)ccc2=O)c1.CCOC(=O)Nc1cccc(Cn2nc(-c3cc(F)c(OCCCN)c(F)c3)ccc2=O)c1. The highest BCUT2D eigenvalue weighted by Crippen LogP contribution is 2.29. The predicted octanol–water partition coefficient (Wildman–Crippen LogP) is 7.85. The molecular formula is C48H52F4N8O8. The fourth-order valence-corrected chi connectivity index (χ4v) is 6.28. The highest BCUT2D eigenvalue weighted by atomic mass is 19.1. The van der Waals surface area contributed by atoms with E-state index in [0.29, 0.717) is 67.9 Å². The van der Waals surface area contributed by atoms with Crippen molar-refractivity contribution in [2.24, 2.45) is 11.5 Å². The Morgan fingerprint density at radius 1 is 0.574 bits per heavy atom. The van der Waals surface area contributed by atoms with Crippen molar-refractivity contribution >= 4 is 23.6 Å². The lowest BCUT2D eigenvalue weighted by molar-refractivity contribution is 0.161. The van der Waals surface area contributed by atoms with E-state index in [1.165, 1.54) is 33.6 Å². The lowest BCUT2D eigenvalue weighted by Gasteiger charge is -2.12. The van der Waals surface area contributed by atoms with Gasteiger partial charge in [0.15, 0.2) is 34.8 Å². The predicted molar refractivity (Wildman–Crippen MR) is 248 cm³/mol. The van der Waals surface area contributed by atoms with E-state index < -0.39 is 58.1 Å². The van der Waals surface area contributed by atoms with E-state index in [1.54, 1.807) is 55.5 Å². The fraction of sp³-hybridized carbons (Fsp3) is 0.292. The van der Waals surface area contributed by atoms with Gasteiger partial charge in [-0.15, -0.1) is 0 Å². The van der Waals surface area contributed by atoms with Crippen LogP contribution in [-0.4, -0.2) is 71.3 Å². The number of hydrogen-bond donors (Lipinski definition) is 4. The Morgan fingerprint density at radius 3 is 1.44 bits per heavy atom. The molecule has 4 aromatic carbocycles. The van der Waals surface area contributed by atoms with Crippen molar-refractivity contribution in [3.63, 3.8) is 0 Å². The summed E-state index contributed by atoms with van der Waals surface area (Å²) >= 11 is 0. The van der Waals surface area contributed by atoms with Gasteiger partial charge in [-0.3, -0.25) is 20.2 Å². The molecule has 360 valence electrons. The van der Waals surface area contributed by atoms with E-state index in [4.69, 9.17) is 30.4 Å². The summed E-state index contributed by atoms with van der Waals surface area (Å²) in [6.07, 6.45) is 1.28. The molecule has 2 amide bonds. The molecule has 0 fully saturated rings. The van der Waals surface area contributed by atoms with Crippen molar-refractivity contribution in [2.75, 3.05) is 50.2 Å². The van der Waals surface area contributed by atoms with E-state index in [2.05, 4.69) is 20.8 Å². The van der Waals surface area contributed by atoms with Crippen LogP contribution in [0.2, 0.25) is 0 Å². The monoisotopic (exact) mass is 944 g/mol. The summed E-state index contributed by atoms with van der Waals surface area (Å²) in [5, 5.41) is 13.7. The number of nitrogens with two attached hydrogens (primary N) is 2. The molecule has 6 aromatic rings. The van der Waals surface area contributed by atoms with Gasteiger partial charge < -0.3 is 30.4 Å². The Morgan fingerprint density at radius 2 is 1.01 bits per heavy atom. The summed E-state index contributed by atoms with van der Waals surface area (Å²) in [5.41, 5.74) is 13.1. The molecule has 0 aliphatic carbocycles. The van der Waals surface area contributed by atoms with Gasteiger partial charge in [0.25, 0.3) is 11.1 Å². The number of halogens is 4. The number of carbonyl (C=O) groups is 2. The average molecular weight is 945 g/mol. The van der Waals surface area contributed by atoms with Gasteiger partial charge in [-0.2, -0.15) is 10.2 Å². The van der Waals surface area contributed by atoms with Crippen LogP contribution in [-0.2, 0) is 22.6 Å². The van der Waals surface area contributed by atoms with Crippen molar-refractivity contribution in [1.82, 2.24) is 19.6 Å². The molecule has 0 radical (unpaired) electrons. The van der Waals surface area contributed by atoms with Crippen LogP contribution in [0.1, 0.15) is 50.7 Å². The first-order valence-electron chi connectivity index (χ1n) is 21.7. The second-order valence-corrected chi connectivity index (χ2v) is 14.8. The van der Waals surface area contributed by atoms with Crippen LogP contribution in [0.15, 0.2) is 107 Å². The fourth-order valence-electron chi connectivity index (χ4n) is 6.28. The lowest BCUT2D eigenvalue weighted by Crippen LogP contribution is -2.23. The van der Waals surface area contributed by atoms with Gasteiger partial charge in [-0.05, 0) is 117 Å². The van der Waals surface area contributed by atoms with Gasteiger partial charge in [-0.25, -0.2) is 36.5 Å². The van der Waals surface area contributed by atoms with Crippen molar-refractivity contribution in [3.8, 4) is 34.0 Å². The van der Waals surface area contributed by atoms with Crippen molar-refractivity contribution in [1.29, 1.82) is 0 Å². The summed E-state index contributed by atoms with van der Waals surface area (Å²) in [7, 11) is 0. The Hall–Kier alpha value is -7.58. The van der Waals surface area contributed by atoms with Crippen molar-refractivity contribution < 1.29 is 46.1 Å². The molecule has 20 heteroatoms. The van der Waals surface area contributed by atoms with E-state index in [-0.39, 0.29) is 55.4 Å². The molecule has 2 heterocycles. The number of aromatic nitrogens is 4. The summed E-state index contributed by atoms with van der Waals surface area (Å²) in [6, 6.07) is 23.4. The molecule has 0 aliphatic rings. The minimum Gasteiger partial charge on any atom is -0.488 e.